The minimum absolute atomic E-state index is 0.00203. The molecule has 0 fully saturated rings. The van der Waals surface area contributed by atoms with E-state index in [-0.39, 0.29) is 5.91 Å². The molecule has 0 atom stereocenters. The van der Waals surface area contributed by atoms with E-state index >= 15 is 0 Å². The van der Waals surface area contributed by atoms with Crippen LogP contribution in [0.5, 0.6) is 0 Å². The molecule has 9 heteroatoms. The first-order valence-electron chi connectivity index (χ1n) is 10.3. The second kappa shape index (κ2) is 6.56. The molecule has 4 bridgehead atoms. The van der Waals surface area contributed by atoms with Gasteiger partial charge in [-0.25, -0.2) is 9.97 Å². The number of amides is 1. The summed E-state index contributed by atoms with van der Waals surface area (Å²) >= 11 is 0. The fraction of sp³-hybridized carbons (Fsp3) is 0.273. The van der Waals surface area contributed by atoms with Crippen molar-refractivity contribution in [3.63, 3.8) is 0 Å². The summed E-state index contributed by atoms with van der Waals surface area (Å²) < 4.78 is 3.84. The predicted molar refractivity (Wildman–Crippen MR) is 115 cm³/mol. The Morgan fingerprint density at radius 3 is 2.97 bits per heavy atom. The largest absolute Gasteiger partial charge is 0.298 e. The maximum absolute atomic E-state index is 13.0. The Bertz CT molecular complexity index is 1400. The van der Waals surface area contributed by atoms with Crippen LogP contribution in [0.15, 0.2) is 41.8 Å². The standard InChI is InChI=1S/C22H20N8O/c1-13-14-12-29(27-13)8-5-7-18(31)28(2)22-21(30-9-4-3-6-17(30)26-22)16-11-23-15-10-24-19(14)20(15)25-16/h3-4,6,9,11-12H,5,7-8,10H2,1-2H3. The quantitative estimate of drug-likeness (QED) is 0.442. The highest BCUT2D eigenvalue weighted by Gasteiger charge is 2.28. The van der Waals surface area contributed by atoms with Gasteiger partial charge >= 0.3 is 0 Å². The summed E-state index contributed by atoms with van der Waals surface area (Å²) in [6.45, 7) is 3.13. The zero-order valence-corrected chi connectivity index (χ0v) is 17.3. The van der Waals surface area contributed by atoms with Crippen molar-refractivity contribution in [1.29, 1.82) is 0 Å². The Balaban J connectivity index is 1.63. The fourth-order valence-electron chi connectivity index (χ4n) is 4.27. The zero-order valence-electron chi connectivity index (χ0n) is 17.3. The van der Waals surface area contributed by atoms with Crippen LogP contribution in [-0.2, 0) is 17.9 Å². The summed E-state index contributed by atoms with van der Waals surface area (Å²) in [5.74, 6) is 0.580. The maximum Gasteiger partial charge on any atom is 0.228 e. The lowest BCUT2D eigenvalue weighted by Gasteiger charge is -2.17. The number of nitrogens with zero attached hydrogens (tertiary/aromatic N) is 8. The van der Waals surface area contributed by atoms with Crippen LogP contribution in [0.1, 0.15) is 35.5 Å². The highest BCUT2D eigenvalue weighted by atomic mass is 16.2. The van der Waals surface area contributed by atoms with Crippen LogP contribution in [-0.4, -0.2) is 47.8 Å². The molecule has 0 saturated carbocycles. The highest BCUT2D eigenvalue weighted by molar-refractivity contribution is 6.14. The normalized spacial score (nSPS) is 15.7. The van der Waals surface area contributed by atoms with E-state index < -0.39 is 0 Å². The van der Waals surface area contributed by atoms with Gasteiger partial charge in [-0.1, -0.05) is 6.07 Å². The monoisotopic (exact) mass is 412 g/mol. The second-order valence-corrected chi connectivity index (χ2v) is 7.88. The molecule has 1 amide bonds. The molecule has 0 spiro atoms. The summed E-state index contributed by atoms with van der Waals surface area (Å²) in [5.41, 5.74) is 6.45. The first kappa shape index (κ1) is 17.9. The van der Waals surface area contributed by atoms with Crippen LogP contribution in [0.25, 0.3) is 17.0 Å². The van der Waals surface area contributed by atoms with Gasteiger partial charge in [-0.15, -0.1) is 0 Å². The first-order chi connectivity index (χ1) is 15.1. The van der Waals surface area contributed by atoms with Gasteiger partial charge in [-0.3, -0.25) is 28.8 Å². The summed E-state index contributed by atoms with van der Waals surface area (Å²) in [4.78, 5) is 33.7. The average molecular weight is 412 g/mol. The molecular formula is C22H20N8O. The van der Waals surface area contributed by atoms with E-state index in [4.69, 9.17) is 15.0 Å². The fourth-order valence-corrected chi connectivity index (χ4v) is 4.27. The number of carbonyl (C=O) groups excluding carboxylic acids is 1. The number of rotatable bonds is 0. The van der Waals surface area contributed by atoms with Crippen LogP contribution in [0.2, 0.25) is 0 Å². The van der Waals surface area contributed by atoms with Gasteiger partial charge in [0, 0.05) is 38.0 Å². The molecule has 9 nitrogen and oxygen atoms in total. The number of pyridine rings is 1. The van der Waals surface area contributed by atoms with Crippen molar-refractivity contribution in [3.05, 3.63) is 59.4 Å². The SMILES string of the molecule is Cc1nn2cc1C1=NCc3ncc(nc31)-c1c(nc3ccccn13)N(C)C(=O)CCC2. The van der Waals surface area contributed by atoms with Crippen molar-refractivity contribution < 1.29 is 4.79 Å². The summed E-state index contributed by atoms with van der Waals surface area (Å²) in [5, 5.41) is 4.62. The van der Waals surface area contributed by atoms with Crippen LogP contribution in [0.3, 0.4) is 0 Å². The Morgan fingerprint density at radius 1 is 1.16 bits per heavy atom. The Morgan fingerprint density at radius 2 is 2.06 bits per heavy atom. The number of carbonyl (C=O) groups is 1. The molecule has 0 aromatic carbocycles. The molecule has 0 saturated heterocycles. The summed E-state index contributed by atoms with van der Waals surface area (Å²) in [7, 11) is 1.77. The molecule has 4 aromatic rings. The minimum Gasteiger partial charge on any atom is -0.298 e. The number of aliphatic imine (C=N–C) groups is 1. The summed E-state index contributed by atoms with van der Waals surface area (Å²) in [6.07, 6.45) is 6.76. The first-order valence-corrected chi connectivity index (χ1v) is 10.3. The molecule has 0 aliphatic carbocycles. The van der Waals surface area contributed by atoms with E-state index in [2.05, 4.69) is 10.1 Å². The Labute approximate surface area is 178 Å². The van der Waals surface area contributed by atoms with Gasteiger partial charge in [0.2, 0.25) is 5.91 Å². The van der Waals surface area contributed by atoms with Crippen molar-refractivity contribution in [3.8, 4) is 11.4 Å². The molecule has 2 aliphatic rings. The van der Waals surface area contributed by atoms with E-state index in [9.17, 15) is 4.79 Å². The molecular weight excluding hydrogens is 392 g/mol. The van der Waals surface area contributed by atoms with Crippen LogP contribution >= 0.6 is 0 Å². The second-order valence-electron chi connectivity index (χ2n) is 7.88. The minimum atomic E-state index is 0.00203. The van der Waals surface area contributed by atoms with Gasteiger partial charge in [-0.05, 0) is 25.5 Å². The van der Waals surface area contributed by atoms with E-state index in [1.54, 1.807) is 18.1 Å². The molecule has 31 heavy (non-hydrogen) atoms. The number of hydrogen-bond donors (Lipinski definition) is 0. The Kier molecular flexibility index (Phi) is 3.80. The number of aromatic nitrogens is 6. The third kappa shape index (κ3) is 2.69. The number of hydrogen-bond acceptors (Lipinski definition) is 6. The number of anilines is 1. The van der Waals surface area contributed by atoms with Gasteiger partial charge in [0.05, 0.1) is 29.8 Å². The van der Waals surface area contributed by atoms with Gasteiger partial charge in [0.25, 0.3) is 0 Å². The molecule has 6 heterocycles. The van der Waals surface area contributed by atoms with Crippen LogP contribution < -0.4 is 4.90 Å². The van der Waals surface area contributed by atoms with Crippen molar-refractivity contribution in [2.24, 2.45) is 4.99 Å². The molecule has 4 aromatic heterocycles. The van der Waals surface area contributed by atoms with Crippen molar-refractivity contribution in [2.45, 2.75) is 32.9 Å². The van der Waals surface area contributed by atoms with Crippen molar-refractivity contribution in [2.75, 3.05) is 11.9 Å². The summed E-state index contributed by atoms with van der Waals surface area (Å²) in [6, 6.07) is 5.79. The molecule has 0 radical (unpaired) electrons. The smallest absolute Gasteiger partial charge is 0.228 e. The van der Waals surface area contributed by atoms with Crippen molar-refractivity contribution in [1.82, 2.24) is 29.1 Å². The lowest BCUT2D eigenvalue weighted by atomic mass is 10.1. The number of aryl methyl sites for hydroxylation is 2. The number of fused-ring (bicyclic) bond motifs is 8. The topological polar surface area (TPSA) is 93.6 Å². The maximum atomic E-state index is 13.0. The molecule has 6 rings (SSSR count). The van der Waals surface area contributed by atoms with E-state index in [1.165, 1.54) is 0 Å². The van der Waals surface area contributed by atoms with E-state index in [0.717, 1.165) is 39.7 Å². The van der Waals surface area contributed by atoms with Gasteiger partial charge in [0.1, 0.15) is 22.7 Å². The molecule has 0 N–H and O–H groups in total. The van der Waals surface area contributed by atoms with E-state index in [1.807, 2.05) is 46.6 Å². The lowest BCUT2D eigenvalue weighted by molar-refractivity contribution is -0.118. The van der Waals surface area contributed by atoms with Crippen molar-refractivity contribution >= 4 is 23.1 Å². The average Bonchev–Trinajstić information content (AvgIpc) is 3.46. The molecule has 2 aliphatic heterocycles. The van der Waals surface area contributed by atoms with Gasteiger partial charge in [-0.2, -0.15) is 5.10 Å². The van der Waals surface area contributed by atoms with Crippen LogP contribution in [0, 0.1) is 6.92 Å². The van der Waals surface area contributed by atoms with Crippen LogP contribution in [0.4, 0.5) is 5.82 Å². The third-order valence-corrected chi connectivity index (χ3v) is 5.88. The van der Waals surface area contributed by atoms with Gasteiger partial charge < -0.3 is 0 Å². The highest BCUT2D eigenvalue weighted by Crippen LogP contribution is 2.32. The molecule has 154 valence electrons. The third-order valence-electron chi connectivity index (χ3n) is 5.88. The van der Waals surface area contributed by atoms with E-state index in [0.29, 0.717) is 37.4 Å². The zero-order chi connectivity index (χ0) is 21.1. The van der Waals surface area contributed by atoms with Gasteiger partial charge in [0.15, 0.2) is 5.82 Å². The Hall–Kier alpha value is -3.88. The number of imidazole rings is 1. The molecule has 0 unspecified atom stereocenters. The predicted octanol–water partition coefficient (Wildman–Crippen LogP) is 2.40. The lowest BCUT2D eigenvalue weighted by Crippen LogP contribution is -2.27.